The van der Waals surface area contributed by atoms with Crippen LogP contribution in [0.1, 0.15) is 19.3 Å². The van der Waals surface area contributed by atoms with E-state index in [0.717, 1.165) is 4.90 Å². The van der Waals surface area contributed by atoms with Crippen molar-refractivity contribution in [3.63, 3.8) is 0 Å². The molecule has 1 aromatic heterocycles. The molecule has 7 nitrogen and oxygen atoms in total. The van der Waals surface area contributed by atoms with Gasteiger partial charge in [0.1, 0.15) is 0 Å². The highest BCUT2D eigenvalue weighted by Crippen LogP contribution is 2.59. The Morgan fingerprint density at radius 3 is 2.28 bits per heavy atom. The van der Waals surface area contributed by atoms with Crippen LogP contribution in [0.25, 0.3) is 0 Å². The molecule has 1 N–H and O–H groups in total. The quantitative estimate of drug-likeness (QED) is 0.751. The number of aromatic nitrogens is 2. The summed E-state index contributed by atoms with van der Waals surface area (Å²) in [6.07, 6.45) is -12.1. The lowest BCUT2D eigenvalue weighted by atomic mass is 9.91. The topological polar surface area (TPSA) is 84.4 Å². The summed E-state index contributed by atoms with van der Waals surface area (Å²) in [6.45, 7) is -0.202. The highest BCUT2D eigenvalue weighted by Gasteiger charge is 2.61. The number of nitrogens with one attached hydrogen (secondary N) is 1. The summed E-state index contributed by atoms with van der Waals surface area (Å²) in [7, 11) is 0. The van der Waals surface area contributed by atoms with Crippen LogP contribution < -0.4 is 5.32 Å². The molecule has 2 fully saturated rings. The Kier molecular flexibility index (Phi) is 5.34. The van der Waals surface area contributed by atoms with Crippen LogP contribution in [0, 0.1) is 11.3 Å². The molecule has 1 saturated carbocycles. The maximum atomic E-state index is 12.5. The van der Waals surface area contributed by atoms with Gasteiger partial charge in [-0.1, -0.05) is 0 Å². The van der Waals surface area contributed by atoms with Crippen LogP contribution in [0.4, 0.5) is 37.0 Å². The molecule has 2 amide bonds. The van der Waals surface area contributed by atoms with Gasteiger partial charge in [-0.05, 0) is 24.7 Å². The molecule has 2 heterocycles. The Labute approximate surface area is 160 Å². The highest BCUT2D eigenvalue weighted by molar-refractivity contribution is 5.94. The first-order valence-corrected chi connectivity index (χ1v) is 8.58. The zero-order chi connectivity index (χ0) is 21.4. The Balaban J connectivity index is 1.53. The van der Waals surface area contributed by atoms with Crippen molar-refractivity contribution in [3.8, 4) is 0 Å². The van der Waals surface area contributed by atoms with Crippen molar-refractivity contribution < 1.29 is 40.7 Å². The summed E-state index contributed by atoms with van der Waals surface area (Å²) in [5, 5.41) is 2.60. The summed E-state index contributed by atoms with van der Waals surface area (Å²) >= 11 is 0. The van der Waals surface area contributed by atoms with E-state index in [1.54, 1.807) is 0 Å². The van der Waals surface area contributed by atoms with Gasteiger partial charge in [-0.2, -0.15) is 26.3 Å². The molecule has 0 unspecified atom stereocenters. The molecule has 1 aliphatic heterocycles. The zero-order valence-corrected chi connectivity index (χ0v) is 14.8. The molecule has 13 heteroatoms. The van der Waals surface area contributed by atoms with Crippen LogP contribution in [-0.4, -0.2) is 58.4 Å². The number of ether oxygens (including phenoxy) is 1. The van der Waals surface area contributed by atoms with E-state index in [4.69, 9.17) is 0 Å². The molecule has 1 spiro atoms. The molecule has 1 atom stereocenters. The highest BCUT2D eigenvalue weighted by atomic mass is 19.4. The smallest absolute Gasteiger partial charge is 0.426 e. The summed E-state index contributed by atoms with van der Waals surface area (Å²) < 4.78 is 78.9. The number of piperidine rings is 1. The molecular formula is C16H16F6N4O3. The SMILES string of the molecule is O=C(Nc1cnccn1)[C@@H]1CC12CCN(C(=O)OC(C(F)(F)F)C(F)(F)F)CC2. The van der Waals surface area contributed by atoms with Crippen molar-refractivity contribution in [2.75, 3.05) is 18.4 Å². The first-order chi connectivity index (χ1) is 13.4. The first-order valence-electron chi connectivity index (χ1n) is 8.58. The van der Waals surface area contributed by atoms with Crippen LogP contribution in [-0.2, 0) is 9.53 Å². The van der Waals surface area contributed by atoms with Gasteiger partial charge in [-0.15, -0.1) is 0 Å². The number of likely N-dealkylation sites (tertiary alicyclic amines) is 1. The molecule has 1 aromatic rings. The van der Waals surface area contributed by atoms with Crippen molar-refractivity contribution in [3.05, 3.63) is 18.6 Å². The van der Waals surface area contributed by atoms with E-state index in [2.05, 4.69) is 20.0 Å². The maximum Gasteiger partial charge on any atom is 0.434 e. The van der Waals surface area contributed by atoms with Crippen LogP contribution in [0.5, 0.6) is 0 Å². The van der Waals surface area contributed by atoms with Crippen molar-refractivity contribution in [1.29, 1.82) is 0 Å². The summed E-state index contributed by atoms with van der Waals surface area (Å²) in [5.41, 5.74) is -0.434. The van der Waals surface area contributed by atoms with Crippen LogP contribution >= 0.6 is 0 Å². The number of carbonyl (C=O) groups excluding carboxylic acids is 2. The minimum absolute atomic E-state index is 0.101. The fraction of sp³-hybridized carbons (Fsp3) is 0.625. The van der Waals surface area contributed by atoms with E-state index < -0.39 is 30.0 Å². The van der Waals surface area contributed by atoms with Crippen molar-refractivity contribution >= 4 is 17.8 Å². The fourth-order valence-corrected chi connectivity index (χ4v) is 3.48. The number of hydrogen-bond acceptors (Lipinski definition) is 5. The Bertz CT molecular complexity index is 748. The number of hydrogen-bond donors (Lipinski definition) is 1. The van der Waals surface area contributed by atoms with Gasteiger partial charge in [0.15, 0.2) is 5.82 Å². The second kappa shape index (κ2) is 7.34. The predicted octanol–water partition coefficient (Wildman–Crippen LogP) is 3.15. The van der Waals surface area contributed by atoms with Crippen molar-refractivity contribution in [2.24, 2.45) is 11.3 Å². The second-order valence-electron chi connectivity index (χ2n) is 7.03. The summed E-state index contributed by atoms with van der Waals surface area (Å²) in [6, 6.07) is 0. The minimum Gasteiger partial charge on any atom is -0.426 e. The summed E-state index contributed by atoms with van der Waals surface area (Å²) in [5.74, 6) is -0.401. The van der Waals surface area contributed by atoms with Crippen LogP contribution in [0.3, 0.4) is 0 Å². The molecule has 29 heavy (non-hydrogen) atoms. The van der Waals surface area contributed by atoms with Gasteiger partial charge in [-0.25, -0.2) is 9.78 Å². The Morgan fingerprint density at radius 2 is 1.76 bits per heavy atom. The van der Waals surface area contributed by atoms with E-state index in [9.17, 15) is 35.9 Å². The third-order valence-corrected chi connectivity index (χ3v) is 5.15. The first kappa shape index (κ1) is 21.1. The maximum absolute atomic E-state index is 12.5. The van der Waals surface area contributed by atoms with Crippen LogP contribution in [0.2, 0.25) is 0 Å². The number of halogens is 6. The van der Waals surface area contributed by atoms with E-state index >= 15 is 0 Å². The Hall–Kier alpha value is -2.60. The lowest BCUT2D eigenvalue weighted by Crippen LogP contribution is -2.49. The third kappa shape index (κ3) is 4.70. The molecule has 1 aliphatic carbocycles. The number of alkyl halides is 6. The third-order valence-electron chi connectivity index (χ3n) is 5.15. The van der Waals surface area contributed by atoms with Crippen LogP contribution in [0.15, 0.2) is 18.6 Å². The number of rotatable bonds is 3. The molecular weight excluding hydrogens is 410 g/mol. The van der Waals surface area contributed by atoms with E-state index in [1.807, 2.05) is 0 Å². The molecule has 0 bridgehead atoms. The Morgan fingerprint density at radius 1 is 1.14 bits per heavy atom. The number of amides is 2. The van der Waals surface area contributed by atoms with E-state index in [1.165, 1.54) is 18.6 Å². The summed E-state index contributed by atoms with van der Waals surface area (Å²) in [4.78, 5) is 32.6. The average molecular weight is 426 g/mol. The van der Waals surface area contributed by atoms with Gasteiger partial charge in [0.2, 0.25) is 5.91 Å². The van der Waals surface area contributed by atoms with Gasteiger partial charge < -0.3 is 15.0 Å². The van der Waals surface area contributed by atoms with Crippen molar-refractivity contribution in [1.82, 2.24) is 14.9 Å². The monoisotopic (exact) mass is 426 g/mol. The van der Waals surface area contributed by atoms with Gasteiger partial charge >= 0.3 is 18.4 Å². The average Bonchev–Trinajstić information content (AvgIpc) is 3.32. The lowest BCUT2D eigenvalue weighted by Gasteiger charge is -2.33. The number of nitrogens with zero attached hydrogens (tertiary/aromatic N) is 3. The lowest BCUT2D eigenvalue weighted by molar-refractivity contribution is -0.308. The predicted molar refractivity (Wildman–Crippen MR) is 84.4 cm³/mol. The normalized spacial score (nSPS) is 21.2. The van der Waals surface area contributed by atoms with Gasteiger partial charge in [0.25, 0.3) is 6.10 Å². The van der Waals surface area contributed by atoms with E-state index in [-0.39, 0.29) is 43.6 Å². The van der Waals surface area contributed by atoms with Gasteiger partial charge in [-0.3, -0.25) is 9.78 Å². The number of anilines is 1. The largest absolute Gasteiger partial charge is 0.434 e. The molecule has 160 valence electrons. The standard InChI is InChI=1S/C16H16F6N4O3/c17-15(18,19)12(16(20,21)22)29-13(28)26-5-1-14(2-6-26)7-9(14)11(27)25-10-8-23-3-4-24-10/h3-4,8-9,12H,1-2,5-7H2,(H,24,25,27)/t9-/m0/s1. The molecule has 0 radical (unpaired) electrons. The molecule has 3 rings (SSSR count). The van der Waals surface area contributed by atoms with Gasteiger partial charge in [0.05, 0.1) is 6.20 Å². The van der Waals surface area contributed by atoms with Gasteiger partial charge in [0, 0.05) is 31.4 Å². The fourth-order valence-electron chi connectivity index (χ4n) is 3.48. The second-order valence-corrected chi connectivity index (χ2v) is 7.03. The molecule has 1 saturated heterocycles. The molecule has 2 aliphatic rings. The number of carbonyl (C=O) groups is 2. The van der Waals surface area contributed by atoms with Crippen molar-refractivity contribution in [2.45, 2.75) is 37.7 Å². The molecule has 0 aromatic carbocycles. The minimum atomic E-state index is -5.76. The zero-order valence-electron chi connectivity index (χ0n) is 14.8. The van der Waals surface area contributed by atoms with E-state index in [0.29, 0.717) is 6.42 Å².